The van der Waals surface area contributed by atoms with Crippen LogP contribution in [-0.4, -0.2) is 39.3 Å². The fourth-order valence-electron chi connectivity index (χ4n) is 1.52. The van der Waals surface area contributed by atoms with Gasteiger partial charge in [-0.25, -0.2) is 0 Å². The number of carbonyl (C=O) groups excluding carboxylic acids is 1. The van der Waals surface area contributed by atoms with Gasteiger partial charge in [0.05, 0.1) is 4.92 Å². The van der Waals surface area contributed by atoms with Gasteiger partial charge in [-0.1, -0.05) is 13.8 Å². The van der Waals surface area contributed by atoms with Crippen LogP contribution < -0.4 is 5.32 Å². The second-order valence-corrected chi connectivity index (χ2v) is 5.07. The van der Waals surface area contributed by atoms with Gasteiger partial charge in [0.25, 0.3) is 5.91 Å². The molecule has 0 saturated heterocycles. The Morgan fingerprint density at radius 3 is 2.89 bits per heavy atom. The molecule has 3 N–H and O–H groups in total. The van der Waals surface area contributed by atoms with Crippen LogP contribution in [0.5, 0.6) is 0 Å². The molecule has 0 spiro atoms. The highest BCUT2D eigenvalue weighted by Gasteiger charge is 2.22. The number of aliphatic hydroxyl groups excluding tert-OH is 1. The summed E-state index contributed by atoms with van der Waals surface area (Å²) >= 11 is 0. The fraction of sp³-hybridized carbons (Fsp3) is 0.636. The molecule has 0 radical (unpaired) electrons. The highest BCUT2D eigenvalue weighted by Crippen LogP contribution is 2.20. The predicted octanol–water partition coefficient (Wildman–Crippen LogP) is 0.846. The van der Waals surface area contributed by atoms with E-state index in [1.165, 1.54) is 0 Å². The van der Waals surface area contributed by atoms with Crippen molar-refractivity contribution < 1.29 is 14.8 Å². The molecule has 1 aromatic rings. The average molecular weight is 270 g/mol. The Morgan fingerprint density at radius 1 is 1.63 bits per heavy atom. The molecule has 8 heteroatoms. The number of aromatic amines is 1. The summed E-state index contributed by atoms with van der Waals surface area (Å²) < 4.78 is 0. The van der Waals surface area contributed by atoms with Crippen LogP contribution >= 0.6 is 0 Å². The van der Waals surface area contributed by atoms with Crippen molar-refractivity contribution in [3.63, 3.8) is 0 Å². The SMILES string of the molecule is CC(C)(CO)CCCNC(=O)c1[nH]ncc1[N+](=O)[O-]. The fourth-order valence-corrected chi connectivity index (χ4v) is 1.52. The molecule has 0 aliphatic rings. The molecule has 19 heavy (non-hydrogen) atoms. The minimum atomic E-state index is -0.659. The maximum atomic E-state index is 11.7. The van der Waals surface area contributed by atoms with Crippen molar-refractivity contribution in [2.45, 2.75) is 26.7 Å². The molecule has 0 bridgehead atoms. The van der Waals surface area contributed by atoms with Crippen LogP contribution in [-0.2, 0) is 0 Å². The second-order valence-electron chi connectivity index (χ2n) is 5.07. The lowest BCUT2D eigenvalue weighted by molar-refractivity contribution is -0.385. The van der Waals surface area contributed by atoms with Crippen LogP contribution in [0.25, 0.3) is 0 Å². The molecule has 106 valence electrons. The number of nitrogens with zero attached hydrogens (tertiary/aromatic N) is 2. The van der Waals surface area contributed by atoms with Crippen LogP contribution in [0.1, 0.15) is 37.2 Å². The second kappa shape index (κ2) is 6.28. The number of nitro groups is 1. The molecule has 8 nitrogen and oxygen atoms in total. The summed E-state index contributed by atoms with van der Waals surface area (Å²) in [4.78, 5) is 21.7. The van der Waals surface area contributed by atoms with E-state index in [1.807, 2.05) is 13.8 Å². The minimum absolute atomic E-state index is 0.0764. The minimum Gasteiger partial charge on any atom is -0.396 e. The van der Waals surface area contributed by atoms with E-state index in [-0.39, 0.29) is 23.4 Å². The van der Waals surface area contributed by atoms with Crippen LogP contribution in [0.2, 0.25) is 0 Å². The number of carbonyl (C=O) groups is 1. The Hall–Kier alpha value is -1.96. The Kier molecular flexibility index (Phi) is 4.99. The van der Waals surface area contributed by atoms with Gasteiger partial charge in [-0.15, -0.1) is 0 Å². The summed E-state index contributed by atoms with van der Waals surface area (Å²) in [5, 5.41) is 28.1. The number of aromatic nitrogens is 2. The molecule has 0 aliphatic carbocycles. The summed E-state index contributed by atoms with van der Waals surface area (Å²) in [6, 6.07) is 0. The Bertz CT molecular complexity index is 455. The third kappa shape index (κ3) is 4.32. The molecule has 0 aliphatic heterocycles. The maximum Gasteiger partial charge on any atom is 0.319 e. The third-order valence-corrected chi connectivity index (χ3v) is 2.79. The lowest BCUT2D eigenvalue weighted by atomic mass is 9.89. The lowest BCUT2D eigenvalue weighted by Gasteiger charge is -2.21. The zero-order chi connectivity index (χ0) is 14.5. The summed E-state index contributed by atoms with van der Waals surface area (Å²) in [7, 11) is 0. The first kappa shape index (κ1) is 15.1. The Morgan fingerprint density at radius 2 is 2.32 bits per heavy atom. The van der Waals surface area contributed by atoms with Crippen molar-refractivity contribution in [2.24, 2.45) is 5.41 Å². The van der Waals surface area contributed by atoms with Crippen molar-refractivity contribution in [1.82, 2.24) is 15.5 Å². The number of rotatable bonds is 7. The first-order chi connectivity index (χ1) is 8.87. The van der Waals surface area contributed by atoms with Gasteiger partial charge in [-0.2, -0.15) is 5.10 Å². The average Bonchev–Trinajstić information content (AvgIpc) is 2.83. The van der Waals surface area contributed by atoms with E-state index in [9.17, 15) is 14.9 Å². The van der Waals surface area contributed by atoms with Gasteiger partial charge in [0, 0.05) is 13.2 Å². The summed E-state index contributed by atoms with van der Waals surface area (Å²) in [5.41, 5.74) is -0.676. The molecule has 1 heterocycles. The highest BCUT2D eigenvalue weighted by molar-refractivity contribution is 5.95. The van der Waals surface area contributed by atoms with Crippen molar-refractivity contribution >= 4 is 11.6 Å². The number of amides is 1. The molecule has 1 rings (SSSR count). The number of hydrogen-bond donors (Lipinski definition) is 3. The molecule has 0 atom stereocenters. The summed E-state index contributed by atoms with van der Waals surface area (Å²) in [6.07, 6.45) is 2.43. The first-order valence-corrected chi connectivity index (χ1v) is 5.94. The van der Waals surface area contributed by atoms with Gasteiger partial charge >= 0.3 is 5.69 Å². The molecule has 0 aromatic carbocycles. The van der Waals surface area contributed by atoms with E-state index >= 15 is 0 Å². The maximum absolute atomic E-state index is 11.7. The van der Waals surface area contributed by atoms with Crippen molar-refractivity contribution in [3.05, 3.63) is 22.0 Å². The lowest BCUT2D eigenvalue weighted by Crippen LogP contribution is -2.27. The Balaban J connectivity index is 2.44. The van der Waals surface area contributed by atoms with Crippen LogP contribution in [0.3, 0.4) is 0 Å². The van der Waals surface area contributed by atoms with Crippen molar-refractivity contribution in [1.29, 1.82) is 0 Å². The van der Waals surface area contributed by atoms with Gasteiger partial charge < -0.3 is 10.4 Å². The topological polar surface area (TPSA) is 121 Å². The van der Waals surface area contributed by atoms with E-state index in [0.29, 0.717) is 13.0 Å². The summed E-state index contributed by atoms with van der Waals surface area (Å²) in [6.45, 7) is 4.31. The predicted molar refractivity (Wildman–Crippen MR) is 67.7 cm³/mol. The molecule has 0 saturated carbocycles. The van der Waals surface area contributed by atoms with Crippen molar-refractivity contribution in [3.8, 4) is 0 Å². The number of H-pyrrole nitrogens is 1. The molecular weight excluding hydrogens is 252 g/mol. The smallest absolute Gasteiger partial charge is 0.319 e. The zero-order valence-corrected chi connectivity index (χ0v) is 11.0. The monoisotopic (exact) mass is 270 g/mol. The van der Waals surface area contributed by atoms with Gasteiger partial charge in [0.15, 0.2) is 0 Å². The Labute approximate surface area is 110 Å². The molecular formula is C11H18N4O4. The summed E-state index contributed by atoms with van der Waals surface area (Å²) in [5.74, 6) is -0.550. The molecule has 1 amide bonds. The van der Waals surface area contributed by atoms with Gasteiger partial charge in [0.2, 0.25) is 5.69 Å². The largest absolute Gasteiger partial charge is 0.396 e. The highest BCUT2D eigenvalue weighted by atomic mass is 16.6. The standard InChI is InChI=1S/C11H18N4O4/c1-11(2,7-16)4-3-5-12-10(17)9-8(15(18)19)6-13-14-9/h6,16H,3-5,7H2,1-2H3,(H,12,17)(H,13,14). The van der Waals surface area contributed by atoms with Gasteiger partial charge in [-0.05, 0) is 18.3 Å². The number of aliphatic hydroxyl groups is 1. The van der Waals surface area contributed by atoms with E-state index in [0.717, 1.165) is 12.6 Å². The first-order valence-electron chi connectivity index (χ1n) is 5.94. The van der Waals surface area contributed by atoms with Crippen LogP contribution in [0.4, 0.5) is 5.69 Å². The van der Waals surface area contributed by atoms with E-state index in [4.69, 9.17) is 5.11 Å². The third-order valence-electron chi connectivity index (χ3n) is 2.79. The van der Waals surface area contributed by atoms with Gasteiger partial charge in [0.1, 0.15) is 6.20 Å². The number of hydrogen-bond acceptors (Lipinski definition) is 5. The normalized spacial score (nSPS) is 11.3. The van der Waals surface area contributed by atoms with Gasteiger partial charge in [-0.3, -0.25) is 20.0 Å². The molecule has 1 aromatic heterocycles. The van der Waals surface area contributed by atoms with Crippen LogP contribution in [0.15, 0.2) is 6.20 Å². The zero-order valence-electron chi connectivity index (χ0n) is 11.0. The van der Waals surface area contributed by atoms with Crippen molar-refractivity contribution in [2.75, 3.05) is 13.2 Å². The molecule has 0 fully saturated rings. The van der Waals surface area contributed by atoms with E-state index < -0.39 is 10.8 Å². The molecule has 0 unspecified atom stereocenters. The van der Waals surface area contributed by atoms with E-state index in [2.05, 4.69) is 15.5 Å². The van der Waals surface area contributed by atoms with Crippen LogP contribution in [0, 0.1) is 15.5 Å². The van der Waals surface area contributed by atoms with E-state index in [1.54, 1.807) is 0 Å². The number of nitrogens with one attached hydrogen (secondary N) is 2. The quantitative estimate of drug-likeness (QED) is 0.385.